The lowest BCUT2D eigenvalue weighted by atomic mass is 10.1. The molecule has 4 nitrogen and oxygen atoms in total. The van der Waals surface area contributed by atoms with Gasteiger partial charge in [-0.25, -0.2) is 0 Å². The van der Waals surface area contributed by atoms with E-state index in [1.165, 1.54) is 0 Å². The fourth-order valence-electron chi connectivity index (χ4n) is 1.83. The number of para-hydroxylation sites is 1. The van der Waals surface area contributed by atoms with Crippen LogP contribution < -0.4 is 0 Å². The Bertz CT molecular complexity index is 704. The van der Waals surface area contributed by atoms with E-state index < -0.39 is 0 Å². The Morgan fingerprint density at radius 2 is 2.00 bits per heavy atom. The highest BCUT2D eigenvalue weighted by Gasteiger charge is 2.06. The topological polar surface area (TPSA) is 65.4 Å². The third kappa shape index (κ3) is 1.54. The summed E-state index contributed by atoms with van der Waals surface area (Å²) in [6, 6.07) is 13.4. The number of benzene rings is 1. The van der Waals surface area contributed by atoms with E-state index in [1.54, 1.807) is 12.1 Å². The fraction of sp³-hybridized carbons (Fsp3) is 0. The SMILES string of the molecule is N#Cc1ccc(-c2cccc3cc[nH]c23)nn1. The second-order valence-corrected chi connectivity index (χ2v) is 3.66. The molecule has 2 heterocycles. The molecule has 1 aromatic carbocycles. The number of H-pyrrole nitrogens is 1. The van der Waals surface area contributed by atoms with E-state index in [1.807, 2.05) is 36.5 Å². The summed E-state index contributed by atoms with van der Waals surface area (Å²) in [6.45, 7) is 0. The summed E-state index contributed by atoms with van der Waals surface area (Å²) in [5.74, 6) is 0. The normalized spacial score (nSPS) is 10.3. The first-order chi connectivity index (χ1) is 8.38. The lowest BCUT2D eigenvalue weighted by Gasteiger charge is -2.01. The lowest BCUT2D eigenvalue weighted by molar-refractivity contribution is 1.02. The molecule has 0 fully saturated rings. The Morgan fingerprint density at radius 3 is 2.76 bits per heavy atom. The second kappa shape index (κ2) is 3.72. The highest BCUT2D eigenvalue weighted by Crippen LogP contribution is 2.25. The molecule has 0 radical (unpaired) electrons. The number of nitrogens with zero attached hydrogens (tertiary/aromatic N) is 3. The standard InChI is InChI=1S/C13H8N4/c14-8-10-4-5-12(17-16-10)11-3-1-2-9-6-7-15-13(9)11/h1-7,15H. The van der Waals surface area contributed by atoms with E-state index in [0.29, 0.717) is 5.69 Å². The monoisotopic (exact) mass is 220 g/mol. The van der Waals surface area contributed by atoms with Gasteiger partial charge in [0.15, 0.2) is 5.69 Å². The molecular formula is C13H8N4. The Labute approximate surface area is 97.5 Å². The van der Waals surface area contributed by atoms with Gasteiger partial charge < -0.3 is 4.98 Å². The molecule has 1 N–H and O–H groups in total. The molecule has 0 aliphatic heterocycles. The number of nitriles is 1. The number of hydrogen-bond donors (Lipinski definition) is 1. The van der Waals surface area contributed by atoms with Crippen molar-refractivity contribution in [3.8, 4) is 17.3 Å². The average molecular weight is 220 g/mol. The molecule has 2 aromatic heterocycles. The first-order valence-electron chi connectivity index (χ1n) is 5.19. The van der Waals surface area contributed by atoms with Gasteiger partial charge in [-0.2, -0.15) is 5.26 Å². The van der Waals surface area contributed by atoms with Crippen LogP contribution >= 0.6 is 0 Å². The fourth-order valence-corrected chi connectivity index (χ4v) is 1.83. The number of fused-ring (bicyclic) bond motifs is 1. The lowest BCUT2D eigenvalue weighted by Crippen LogP contribution is -1.91. The molecular weight excluding hydrogens is 212 g/mol. The van der Waals surface area contributed by atoms with Crippen LogP contribution in [0.15, 0.2) is 42.6 Å². The van der Waals surface area contributed by atoms with Gasteiger partial charge in [0.05, 0.1) is 11.2 Å². The van der Waals surface area contributed by atoms with Crippen molar-refractivity contribution < 1.29 is 0 Å². The maximum absolute atomic E-state index is 8.68. The number of aromatic amines is 1. The summed E-state index contributed by atoms with van der Waals surface area (Å²) in [7, 11) is 0. The number of hydrogen-bond acceptors (Lipinski definition) is 3. The molecule has 0 saturated carbocycles. The average Bonchev–Trinajstić information content (AvgIpc) is 2.87. The first-order valence-corrected chi connectivity index (χ1v) is 5.19. The second-order valence-electron chi connectivity index (χ2n) is 3.66. The quantitative estimate of drug-likeness (QED) is 0.685. The molecule has 80 valence electrons. The molecule has 0 atom stereocenters. The van der Waals surface area contributed by atoms with E-state index >= 15 is 0 Å². The molecule has 17 heavy (non-hydrogen) atoms. The van der Waals surface area contributed by atoms with Gasteiger partial charge in [0.25, 0.3) is 0 Å². The Hall–Kier alpha value is -2.67. The van der Waals surface area contributed by atoms with Gasteiger partial charge in [0.1, 0.15) is 6.07 Å². The molecule has 3 aromatic rings. The number of nitrogens with one attached hydrogen (secondary N) is 1. The molecule has 0 saturated heterocycles. The Morgan fingerprint density at radius 1 is 1.06 bits per heavy atom. The van der Waals surface area contributed by atoms with Crippen molar-refractivity contribution in [2.75, 3.05) is 0 Å². The first kappa shape index (κ1) is 9.55. The van der Waals surface area contributed by atoms with Gasteiger partial charge in [0.2, 0.25) is 0 Å². The minimum absolute atomic E-state index is 0.326. The molecule has 0 aliphatic rings. The van der Waals surface area contributed by atoms with Crippen molar-refractivity contribution in [1.29, 1.82) is 5.26 Å². The van der Waals surface area contributed by atoms with Crippen LogP contribution in [0.1, 0.15) is 5.69 Å². The van der Waals surface area contributed by atoms with Crippen LogP contribution in [-0.2, 0) is 0 Å². The summed E-state index contributed by atoms with van der Waals surface area (Å²) in [4.78, 5) is 3.18. The molecule has 4 heteroatoms. The van der Waals surface area contributed by atoms with E-state index in [-0.39, 0.29) is 0 Å². The maximum atomic E-state index is 8.68. The molecule has 0 spiro atoms. The van der Waals surface area contributed by atoms with E-state index in [0.717, 1.165) is 22.2 Å². The van der Waals surface area contributed by atoms with Crippen molar-refractivity contribution in [3.63, 3.8) is 0 Å². The van der Waals surface area contributed by atoms with Gasteiger partial charge in [-0.3, -0.25) is 0 Å². The highest BCUT2D eigenvalue weighted by molar-refractivity contribution is 5.92. The van der Waals surface area contributed by atoms with E-state index in [2.05, 4.69) is 15.2 Å². The van der Waals surface area contributed by atoms with Crippen molar-refractivity contribution in [3.05, 3.63) is 48.3 Å². The van der Waals surface area contributed by atoms with Crippen LogP contribution in [-0.4, -0.2) is 15.2 Å². The zero-order chi connectivity index (χ0) is 11.7. The number of rotatable bonds is 1. The summed E-state index contributed by atoms with van der Waals surface area (Å²) in [5.41, 5.74) is 3.11. The third-order valence-corrected chi connectivity index (χ3v) is 2.64. The Balaban J connectivity index is 2.20. The molecule has 0 bridgehead atoms. The minimum atomic E-state index is 0.326. The smallest absolute Gasteiger partial charge is 0.163 e. The van der Waals surface area contributed by atoms with Crippen molar-refractivity contribution in [1.82, 2.24) is 15.2 Å². The van der Waals surface area contributed by atoms with Crippen molar-refractivity contribution >= 4 is 10.9 Å². The Kier molecular flexibility index (Phi) is 2.09. The van der Waals surface area contributed by atoms with Gasteiger partial charge in [-0.1, -0.05) is 18.2 Å². The van der Waals surface area contributed by atoms with Crippen LogP contribution in [0, 0.1) is 11.3 Å². The van der Waals surface area contributed by atoms with E-state index in [4.69, 9.17) is 5.26 Å². The van der Waals surface area contributed by atoms with Crippen LogP contribution in [0.3, 0.4) is 0 Å². The van der Waals surface area contributed by atoms with Crippen LogP contribution in [0.25, 0.3) is 22.2 Å². The minimum Gasteiger partial charge on any atom is -0.361 e. The summed E-state index contributed by atoms with van der Waals surface area (Å²) >= 11 is 0. The predicted molar refractivity (Wildman–Crippen MR) is 64.0 cm³/mol. The van der Waals surface area contributed by atoms with Crippen molar-refractivity contribution in [2.45, 2.75) is 0 Å². The summed E-state index contributed by atoms with van der Waals surface area (Å²) < 4.78 is 0. The zero-order valence-corrected chi connectivity index (χ0v) is 8.88. The van der Waals surface area contributed by atoms with Crippen LogP contribution in [0.4, 0.5) is 0 Å². The largest absolute Gasteiger partial charge is 0.361 e. The molecule has 0 unspecified atom stereocenters. The number of aromatic nitrogens is 3. The predicted octanol–water partition coefficient (Wildman–Crippen LogP) is 2.50. The molecule has 0 aliphatic carbocycles. The van der Waals surface area contributed by atoms with Gasteiger partial charge in [-0.15, -0.1) is 10.2 Å². The van der Waals surface area contributed by atoms with E-state index in [9.17, 15) is 0 Å². The molecule has 0 amide bonds. The van der Waals surface area contributed by atoms with Crippen molar-refractivity contribution in [2.24, 2.45) is 0 Å². The summed E-state index contributed by atoms with van der Waals surface area (Å²) in [5, 5.41) is 17.7. The van der Waals surface area contributed by atoms with Crippen LogP contribution in [0.2, 0.25) is 0 Å². The van der Waals surface area contributed by atoms with Gasteiger partial charge in [0, 0.05) is 17.1 Å². The van der Waals surface area contributed by atoms with Gasteiger partial charge >= 0.3 is 0 Å². The molecule has 3 rings (SSSR count). The highest BCUT2D eigenvalue weighted by atomic mass is 15.1. The van der Waals surface area contributed by atoms with Crippen LogP contribution in [0.5, 0.6) is 0 Å². The van der Waals surface area contributed by atoms with Gasteiger partial charge in [-0.05, 0) is 18.2 Å². The third-order valence-electron chi connectivity index (χ3n) is 2.64. The maximum Gasteiger partial charge on any atom is 0.163 e. The summed E-state index contributed by atoms with van der Waals surface area (Å²) in [6.07, 6.45) is 1.89. The zero-order valence-electron chi connectivity index (χ0n) is 8.88.